The molecular formula is C18H24N2O2S. The van der Waals surface area contributed by atoms with Crippen molar-refractivity contribution < 1.29 is 9.84 Å². The molecule has 1 aromatic heterocycles. The zero-order chi connectivity index (χ0) is 16.1. The van der Waals surface area contributed by atoms with Crippen molar-refractivity contribution in [3.05, 3.63) is 45.9 Å². The number of thiazole rings is 1. The molecular weight excluding hydrogens is 308 g/mol. The molecule has 0 spiro atoms. The molecule has 2 N–H and O–H groups in total. The average Bonchev–Trinajstić information content (AvgIpc) is 2.92. The molecule has 0 radical (unpaired) electrons. The van der Waals surface area contributed by atoms with Gasteiger partial charge in [-0.25, -0.2) is 4.98 Å². The van der Waals surface area contributed by atoms with E-state index in [1.165, 1.54) is 29.1 Å². The van der Waals surface area contributed by atoms with Gasteiger partial charge in [-0.1, -0.05) is 18.6 Å². The number of rotatable bonds is 8. The molecule has 1 atom stereocenters. The van der Waals surface area contributed by atoms with Gasteiger partial charge in [0.15, 0.2) is 0 Å². The fourth-order valence-corrected chi connectivity index (χ4v) is 3.62. The van der Waals surface area contributed by atoms with Crippen LogP contribution in [0.4, 0.5) is 0 Å². The van der Waals surface area contributed by atoms with Gasteiger partial charge in [0.05, 0.1) is 5.01 Å². The van der Waals surface area contributed by atoms with E-state index in [2.05, 4.69) is 10.3 Å². The quantitative estimate of drug-likeness (QED) is 0.779. The summed E-state index contributed by atoms with van der Waals surface area (Å²) in [5.41, 5.74) is 1.16. The van der Waals surface area contributed by atoms with E-state index >= 15 is 0 Å². The van der Waals surface area contributed by atoms with Crippen molar-refractivity contribution in [2.75, 3.05) is 13.2 Å². The molecule has 4 nitrogen and oxygen atoms in total. The van der Waals surface area contributed by atoms with Gasteiger partial charge in [-0.3, -0.25) is 0 Å². The molecule has 0 amide bonds. The van der Waals surface area contributed by atoms with Crippen LogP contribution in [0.15, 0.2) is 30.5 Å². The number of nitrogens with zero attached hydrogens (tertiary/aromatic N) is 1. The zero-order valence-electron chi connectivity index (χ0n) is 13.5. The van der Waals surface area contributed by atoms with E-state index in [0.29, 0.717) is 19.1 Å². The number of benzene rings is 1. The van der Waals surface area contributed by atoms with E-state index in [9.17, 15) is 5.11 Å². The highest BCUT2D eigenvalue weighted by molar-refractivity contribution is 7.11. The van der Waals surface area contributed by atoms with E-state index < -0.39 is 6.10 Å². The maximum atomic E-state index is 10.00. The molecule has 1 heterocycles. The molecule has 1 saturated carbocycles. The third kappa shape index (κ3) is 4.77. The second-order valence-electron chi connectivity index (χ2n) is 6.20. The van der Waals surface area contributed by atoms with Crippen LogP contribution in [-0.2, 0) is 6.54 Å². The molecule has 124 valence electrons. The number of nitrogens with one attached hydrogen (secondary N) is 1. The topological polar surface area (TPSA) is 54.4 Å². The lowest BCUT2D eigenvalue weighted by Gasteiger charge is -2.22. The third-order valence-electron chi connectivity index (χ3n) is 4.14. The van der Waals surface area contributed by atoms with E-state index in [-0.39, 0.29) is 0 Å². The lowest BCUT2D eigenvalue weighted by atomic mass is 9.86. The normalized spacial score (nSPS) is 16.1. The van der Waals surface area contributed by atoms with Gasteiger partial charge in [-0.2, -0.15) is 0 Å². The third-order valence-corrected chi connectivity index (χ3v) is 5.30. The minimum atomic E-state index is -0.519. The van der Waals surface area contributed by atoms with Crippen molar-refractivity contribution >= 4 is 11.3 Å². The Balaban J connectivity index is 1.35. The molecule has 1 fully saturated rings. The van der Waals surface area contributed by atoms with E-state index in [1.807, 2.05) is 37.4 Å². The van der Waals surface area contributed by atoms with Crippen LogP contribution >= 0.6 is 11.3 Å². The van der Waals surface area contributed by atoms with Crippen LogP contribution in [0.3, 0.4) is 0 Å². The summed E-state index contributed by atoms with van der Waals surface area (Å²) in [4.78, 5) is 5.75. The Labute approximate surface area is 141 Å². The second kappa shape index (κ2) is 7.90. The van der Waals surface area contributed by atoms with Crippen molar-refractivity contribution in [3.63, 3.8) is 0 Å². The minimum absolute atomic E-state index is 0.298. The van der Waals surface area contributed by atoms with Crippen LogP contribution in [0.5, 0.6) is 5.75 Å². The van der Waals surface area contributed by atoms with E-state index in [4.69, 9.17) is 4.74 Å². The lowest BCUT2D eigenvalue weighted by molar-refractivity contribution is 0.106. The molecule has 0 bridgehead atoms. The van der Waals surface area contributed by atoms with Crippen molar-refractivity contribution in [2.45, 2.75) is 44.8 Å². The molecule has 0 saturated heterocycles. The molecule has 5 heteroatoms. The summed E-state index contributed by atoms with van der Waals surface area (Å²) in [6, 6.07) is 7.86. The average molecular weight is 332 g/mol. The Bertz CT molecular complexity index is 625. The van der Waals surface area contributed by atoms with Gasteiger partial charge < -0.3 is 15.2 Å². The molecule has 1 aliphatic carbocycles. The number of aliphatic hydroxyl groups excluding tert-OH is 1. The lowest BCUT2D eigenvalue weighted by Crippen LogP contribution is -2.31. The van der Waals surface area contributed by atoms with Gasteiger partial charge in [-0.05, 0) is 37.5 Å². The Hall–Kier alpha value is -1.43. The van der Waals surface area contributed by atoms with E-state index in [1.54, 1.807) is 11.3 Å². The number of aliphatic hydroxyl groups is 1. The van der Waals surface area contributed by atoms with Crippen molar-refractivity contribution in [3.8, 4) is 5.75 Å². The summed E-state index contributed by atoms with van der Waals surface area (Å²) in [5, 5.41) is 14.6. The summed E-state index contributed by atoms with van der Waals surface area (Å²) >= 11 is 1.79. The number of hydrogen-bond donors (Lipinski definition) is 2. The fraction of sp³-hybridized carbons (Fsp3) is 0.500. The Morgan fingerprint density at radius 1 is 1.43 bits per heavy atom. The molecule has 1 aliphatic rings. The van der Waals surface area contributed by atoms with Crippen LogP contribution in [0.25, 0.3) is 0 Å². The highest BCUT2D eigenvalue weighted by Gasteiger charge is 2.22. The van der Waals surface area contributed by atoms with Gasteiger partial charge in [-0.15, -0.1) is 11.3 Å². The van der Waals surface area contributed by atoms with Crippen LogP contribution in [-0.4, -0.2) is 29.3 Å². The summed E-state index contributed by atoms with van der Waals surface area (Å²) in [6.45, 7) is 3.60. The summed E-state index contributed by atoms with van der Waals surface area (Å²) in [5.74, 6) is 1.50. The molecule has 0 unspecified atom stereocenters. The molecule has 2 aromatic rings. The highest BCUT2D eigenvalue weighted by Crippen LogP contribution is 2.38. The van der Waals surface area contributed by atoms with Gasteiger partial charge >= 0.3 is 0 Å². The predicted molar refractivity (Wildman–Crippen MR) is 93.1 cm³/mol. The first kappa shape index (κ1) is 16.4. The molecule has 3 rings (SSSR count). The summed E-state index contributed by atoms with van der Waals surface area (Å²) in [6.07, 6.45) is 5.35. The Morgan fingerprint density at radius 3 is 3.04 bits per heavy atom. The maximum Gasteiger partial charge on any atom is 0.119 e. The van der Waals surface area contributed by atoms with Gasteiger partial charge in [0.2, 0.25) is 0 Å². The first-order chi connectivity index (χ1) is 11.2. The monoisotopic (exact) mass is 332 g/mol. The minimum Gasteiger partial charge on any atom is -0.491 e. The van der Waals surface area contributed by atoms with Crippen molar-refractivity contribution in [1.82, 2.24) is 10.3 Å². The highest BCUT2D eigenvalue weighted by atomic mass is 32.1. The van der Waals surface area contributed by atoms with Crippen LogP contribution in [0.2, 0.25) is 0 Å². The molecule has 23 heavy (non-hydrogen) atoms. The van der Waals surface area contributed by atoms with Crippen LogP contribution < -0.4 is 10.1 Å². The second-order valence-corrected chi connectivity index (χ2v) is 7.35. The maximum absolute atomic E-state index is 10.00. The number of aryl methyl sites for hydroxylation is 1. The van der Waals surface area contributed by atoms with Gasteiger partial charge in [0.25, 0.3) is 0 Å². The van der Waals surface area contributed by atoms with Crippen LogP contribution in [0.1, 0.15) is 40.6 Å². The summed E-state index contributed by atoms with van der Waals surface area (Å²) < 4.78 is 5.61. The first-order valence-electron chi connectivity index (χ1n) is 8.23. The number of aromatic nitrogens is 1. The molecule has 0 aliphatic heterocycles. The number of ether oxygens (including phenoxy) is 1. The zero-order valence-corrected chi connectivity index (χ0v) is 14.3. The van der Waals surface area contributed by atoms with Gasteiger partial charge in [0.1, 0.15) is 18.5 Å². The van der Waals surface area contributed by atoms with Crippen molar-refractivity contribution in [2.24, 2.45) is 0 Å². The van der Waals surface area contributed by atoms with Gasteiger partial charge in [0, 0.05) is 30.1 Å². The predicted octanol–water partition coefficient (Wildman–Crippen LogP) is 3.25. The number of hydrogen-bond acceptors (Lipinski definition) is 5. The Morgan fingerprint density at radius 2 is 2.30 bits per heavy atom. The standard InChI is InChI=1S/C18H24N2O2S/c1-13-4-2-7-16(8-13)22-12-15(21)9-19-10-17-11-20-18(23-17)14-5-3-6-14/h2,4,7-8,11,14-15,19,21H,3,5-6,9-10,12H2,1H3/t15-/m0/s1. The largest absolute Gasteiger partial charge is 0.491 e. The SMILES string of the molecule is Cc1cccc(OC[C@@H](O)CNCc2cnc(C3CCC3)s2)c1. The Kier molecular flexibility index (Phi) is 5.65. The fourth-order valence-electron chi connectivity index (χ4n) is 2.57. The smallest absolute Gasteiger partial charge is 0.119 e. The first-order valence-corrected chi connectivity index (χ1v) is 9.05. The summed E-state index contributed by atoms with van der Waals surface area (Å²) in [7, 11) is 0. The van der Waals surface area contributed by atoms with Crippen LogP contribution in [0, 0.1) is 6.92 Å². The van der Waals surface area contributed by atoms with Crippen molar-refractivity contribution in [1.29, 1.82) is 0 Å². The van der Waals surface area contributed by atoms with E-state index in [0.717, 1.165) is 17.9 Å². The molecule has 1 aromatic carbocycles.